The highest BCUT2D eigenvalue weighted by Gasteiger charge is 2.33. The maximum absolute atomic E-state index is 11.3. The number of aliphatic hydroxyl groups excluding tert-OH is 1. The number of hydrogen-bond acceptors (Lipinski definition) is 3. The highest BCUT2D eigenvalue weighted by atomic mass is 16.6. The van der Waals surface area contributed by atoms with Gasteiger partial charge in [0.05, 0.1) is 12.6 Å². The highest BCUT2D eigenvalue weighted by Crippen LogP contribution is 2.21. The van der Waals surface area contributed by atoms with Crippen LogP contribution in [-0.2, 0) is 4.74 Å². The molecule has 0 bridgehead atoms. The Morgan fingerprint density at radius 3 is 2.79 bits per heavy atom. The van der Waals surface area contributed by atoms with Crippen molar-refractivity contribution in [1.29, 1.82) is 0 Å². The minimum absolute atomic E-state index is 0.0827. The van der Waals surface area contributed by atoms with Gasteiger partial charge in [-0.15, -0.1) is 0 Å². The Hall–Kier alpha value is -1.55. The van der Waals surface area contributed by atoms with Gasteiger partial charge in [-0.05, 0) is 12.1 Å². The van der Waals surface area contributed by atoms with Crippen molar-refractivity contribution in [3.8, 4) is 0 Å². The van der Waals surface area contributed by atoms with Crippen LogP contribution in [0.25, 0.3) is 0 Å². The van der Waals surface area contributed by atoms with Crippen molar-refractivity contribution in [1.82, 2.24) is 0 Å². The Morgan fingerprint density at radius 1 is 1.43 bits per heavy atom. The second kappa shape index (κ2) is 3.67. The summed E-state index contributed by atoms with van der Waals surface area (Å²) < 4.78 is 4.85. The SMILES string of the molecule is O=C1OC[C@@H](CO)N1c1ccccc1. The molecule has 0 radical (unpaired) electrons. The monoisotopic (exact) mass is 193 g/mol. The molecule has 0 aliphatic carbocycles. The van der Waals surface area contributed by atoms with Crippen LogP contribution >= 0.6 is 0 Å². The number of ether oxygens (including phenoxy) is 1. The molecule has 4 nitrogen and oxygen atoms in total. The predicted octanol–water partition coefficient (Wildman–Crippen LogP) is 1.00. The number of benzene rings is 1. The van der Waals surface area contributed by atoms with E-state index in [1.54, 1.807) is 0 Å². The van der Waals surface area contributed by atoms with Crippen molar-refractivity contribution in [3.05, 3.63) is 30.3 Å². The smallest absolute Gasteiger partial charge is 0.414 e. The van der Waals surface area contributed by atoms with E-state index in [0.29, 0.717) is 0 Å². The Labute approximate surface area is 81.7 Å². The molecule has 1 amide bonds. The number of rotatable bonds is 2. The number of aliphatic hydroxyl groups is 1. The van der Waals surface area contributed by atoms with E-state index in [2.05, 4.69) is 0 Å². The van der Waals surface area contributed by atoms with Crippen molar-refractivity contribution >= 4 is 11.8 Å². The second-order valence-corrected chi connectivity index (χ2v) is 3.12. The van der Waals surface area contributed by atoms with E-state index in [0.717, 1.165) is 5.69 Å². The topological polar surface area (TPSA) is 49.8 Å². The molecule has 0 spiro atoms. The van der Waals surface area contributed by atoms with Gasteiger partial charge in [0.15, 0.2) is 0 Å². The average molecular weight is 193 g/mol. The molecule has 1 aliphatic heterocycles. The zero-order chi connectivity index (χ0) is 9.97. The number of hydrogen-bond donors (Lipinski definition) is 1. The number of carbonyl (C=O) groups excluding carboxylic acids is 1. The molecule has 14 heavy (non-hydrogen) atoms. The van der Waals surface area contributed by atoms with Crippen molar-refractivity contribution in [3.63, 3.8) is 0 Å². The summed E-state index contributed by atoms with van der Waals surface area (Å²) in [5, 5.41) is 9.04. The van der Waals surface area contributed by atoms with Crippen LogP contribution in [0.4, 0.5) is 10.5 Å². The Morgan fingerprint density at radius 2 is 2.14 bits per heavy atom. The van der Waals surface area contributed by atoms with E-state index in [1.807, 2.05) is 30.3 Å². The largest absolute Gasteiger partial charge is 0.447 e. The highest BCUT2D eigenvalue weighted by molar-refractivity contribution is 5.90. The molecule has 1 fully saturated rings. The van der Waals surface area contributed by atoms with Crippen LogP contribution in [-0.4, -0.2) is 30.5 Å². The lowest BCUT2D eigenvalue weighted by Crippen LogP contribution is -2.35. The van der Waals surface area contributed by atoms with Crippen LogP contribution in [0.2, 0.25) is 0 Å². The first-order chi connectivity index (χ1) is 6.83. The van der Waals surface area contributed by atoms with Crippen molar-refractivity contribution in [2.75, 3.05) is 18.1 Å². The van der Waals surface area contributed by atoms with Crippen LogP contribution < -0.4 is 4.90 Å². The summed E-state index contributed by atoms with van der Waals surface area (Å²) in [4.78, 5) is 12.8. The lowest BCUT2D eigenvalue weighted by atomic mass is 10.2. The summed E-state index contributed by atoms with van der Waals surface area (Å²) in [6, 6.07) is 8.93. The van der Waals surface area contributed by atoms with Gasteiger partial charge < -0.3 is 9.84 Å². The number of anilines is 1. The lowest BCUT2D eigenvalue weighted by Gasteiger charge is -2.19. The number of carbonyl (C=O) groups is 1. The van der Waals surface area contributed by atoms with E-state index in [9.17, 15) is 4.79 Å². The molecule has 1 saturated heterocycles. The van der Waals surface area contributed by atoms with Crippen LogP contribution in [0.5, 0.6) is 0 Å². The molecule has 2 rings (SSSR count). The number of amides is 1. The molecule has 1 heterocycles. The van der Waals surface area contributed by atoms with Gasteiger partial charge in [-0.2, -0.15) is 0 Å². The quantitative estimate of drug-likeness (QED) is 0.762. The summed E-state index contributed by atoms with van der Waals surface area (Å²) >= 11 is 0. The molecule has 1 aromatic rings. The van der Waals surface area contributed by atoms with E-state index in [1.165, 1.54) is 4.90 Å². The van der Waals surface area contributed by atoms with Gasteiger partial charge in [-0.3, -0.25) is 4.90 Å². The van der Waals surface area contributed by atoms with Gasteiger partial charge in [-0.25, -0.2) is 4.79 Å². The normalized spacial score (nSPS) is 21.1. The molecule has 0 aromatic heterocycles. The molecule has 0 unspecified atom stereocenters. The van der Waals surface area contributed by atoms with Crippen LogP contribution in [0.1, 0.15) is 0 Å². The van der Waals surface area contributed by atoms with Gasteiger partial charge in [-0.1, -0.05) is 18.2 Å². The third kappa shape index (κ3) is 1.44. The van der Waals surface area contributed by atoms with Gasteiger partial charge >= 0.3 is 6.09 Å². The molecule has 74 valence electrons. The molecule has 1 aliphatic rings. The second-order valence-electron chi connectivity index (χ2n) is 3.12. The molecule has 1 N–H and O–H groups in total. The number of nitrogens with zero attached hydrogens (tertiary/aromatic N) is 1. The number of para-hydroxylation sites is 1. The van der Waals surface area contributed by atoms with Gasteiger partial charge in [0.2, 0.25) is 0 Å². The minimum atomic E-state index is -0.393. The molecule has 0 saturated carbocycles. The fourth-order valence-electron chi connectivity index (χ4n) is 1.50. The Kier molecular flexibility index (Phi) is 2.37. The van der Waals surface area contributed by atoms with E-state index in [4.69, 9.17) is 9.84 Å². The Bertz CT molecular complexity index is 325. The maximum atomic E-state index is 11.3. The lowest BCUT2D eigenvalue weighted by molar-refractivity contribution is 0.174. The third-order valence-electron chi connectivity index (χ3n) is 2.21. The van der Waals surface area contributed by atoms with Crippen LogP contribution in [0.15, 0.2) is 30.3 Å². The number of cyclic esters (lactones) is 1. The van der Waals surface area contributed by atoms with Gasteiger partial charge in [0, 0.05) is 5.69 Å². The molecular formula is C10H11NO3. The third-order valence-corrected chi connectivity index (χ3v) is 2.21. The summed E-state index contributed by atoms with van der Waals surface area (Å²) in [5.74, 6) is 0. The maximum Gasteiger partial charge on any atom is 0.414 e. The van der Waals surface area contributed by atoms with Crippen LogP contribution in [0, 0.1) is 0 Å². The summed E-state index contributed by atoms with van der Waals surface area (Å²) in [6.07, 6.45) is -0.393. The van der Waals surface area contributed by atoms with Gasteiger partial charge in [0.1, 0.15) is 6.61 Å². The van der Waals surface area contributed by atoms with Crippen LogP contribution in [0.3, 0.4) is 0 Å². The molecule has 1 aromatic carbocycles. The first-order valence-corrected chi connectivity index (χ1v) is 4.45. The zero-order valence-corrected chi connectivity index (χ0v) is 7.59. The van der Waals surface area contributed by atoms with Gasteiger partial charge in [0.25, 0.3) is 0 Å². The minimum Gasteiger partial charge on any atom is -0.447 e. The summed E-state index contributed by atoms with van der Waals surface area (Å²) in [7, 11) is 0. The van der Waals surface area contributed by atoms with Crippen molar-refractivity contribution in [2.24, 2.45) is 0 Å². The molecule has 1 atom stereocenters. The first kappa shape index (κ1) is 9.02. The predicted molar refractivity (Wildman–Crippen MR) is 51.1 cm³/mol. The standard InChI is InChI=1S/C10H11NO3/c12-6-9-7-14-10(13)11(9)8-4-2-1-3-5-8/h1-5,9,12H,6-7H2/t9-/m1/s1. The summed E-state index contributed by atoms with van der Waals surface area (Å²) in [6.45, 7) is 0.171. The molecule has 4 heteroatoms. The zero-order valence-electron chi connectivity index (χ0n) is 7.59. The molecular weight excluding hydrogens is 182 g/mol. The van der Waals surface area contributed by atoms with Crippen molar-refractivity contribution < 1.29 is 14.6 Å². The Balaban J connectivity index is 2.28. The fourth-order valence-corrected chi connectivity index (χ4v) is 1.50. The van der Waals surface area contributed by atoms with Crippen molar-refractivity contribution in [2.45, 2.75) is 6.04 Å². The van der Waals surface area contributed by atoms with E-state index in [-0.39, 0.29) is 19.3 Å². The average Bonchev–Trinajstić information content (AvgIpc) is 2.61. The first-order valence-electron chi connectivity index (χ1n) is 4.45. The van der Waals surface area contributed by atoms with E-state index >= 15 is 0 Å². The summed E-state index contributed by atoms with van der Waals surface area (Å²) in [5.41, 5.74) is 0.758. The van der Waals surface area contributed by atoms with E-state index < -0.39 is 6.09 Å². The fraction of sp³-hybridized carbons (Fsp3) is 0.300.